The van der Waals surface area contributed by atoms with Gasteiger partial charge < -0.3 is 54.3 Å². The number of hydrogen-bond donors (Lipinski definition) is 5. The van der Waals surface area contributed by atoms with Crippen LogP contribution in [0.2, 0.25) is 0 Å². The number of carbonyl (C=O) groups excluding carboxylic acids is 2. The van der Waals surface area contributed by atoms with Gasteiger partial charge >= 0.3 is 11.9 Å². The third kappa shape index (κ3) is 8.44. The van der Waals surface area contributed by atoms with Crippen molar-refractivity contribution in [3.63, 3.8) is 0 Å². The first kappa shape index (κ1) is 31.9. The number of rotatable bonds is 5. The Morgan fingerprint density at radius 2 is 1.55 bits per heavy atom. The molecular weight excluding hydrogens is 550 g/mol. The smallest absolute Gasteiger partial charge is 0.351 e. The highest BCUT2D eigenvalue weighted by Crippen LogP contribution is 2.31. The molecular formula is C29H35N3O10. The average molecular weight is 586 g/mol. The molecule has 13 nitrogen and oxygen atoms in total. The molecule has 1 aromatic heterocycles. The Kier molecular flexibility index (Phi) is 11.3. The standard InChI is InChI=1S/C25H31N3O2.2C2H2O4/c1-29-24-12-18-9-11-28(16-19(18)13-25(24)30-2)21-6-5-10-27(17-21)15-20-14-26-23-8-4-3-7-22(20)23;2*3-1(4)2(5)6/h3-4,7-8,12-14,21,26H,5-6,9-11,15-17H2,1-2H3;2*(H,3,4)(H,5,6). The molecule has 5 N–H and O–H groups in total. The maximum Gasteiger partial charge on any atom is 0.351 e. The number of methoxy groups -OCH3 is 2. The summed E-state index contributed by atoms with van der Waals surface area (Å²) in [6, 6.07) is 13.8. The first-order chi connectivity index (χ1) is 20.0. The lowest BCUT2D eigenvalue weighted by atomic mass is 9.95. The minimum Gasteiger partial charge on any atom is -0.539 e. The summed E-state index contributed by atoms with van der Waals surface area (Å²) in [5, 5.41) is 34.0. The molecule has 1 saturated heterocycles. The minimum absolute atomic E-state index is 0.736. The van der Waals surface area contributed by atoms with Crippen LogP contribution in [0.1, 0.15) is 29.5 Å². The van der Waals surface area contributed by atoms with Gasteiger partial charge in [-0.3, -0.25) is 0 Å². The summed E-state index contributed by atoms with van der Waals surface area (Å²) in [6.45, 7) is 5.98. The molecule has 3 unspecified atom stereocenters. The van der Waals surface area contributed by atoms with Crippen LogP contribution in [0.15, 0.2) is 42.6 Å². The van der Waals surface area contributed by atoms with Crippen molar-refractivity contribution in [1.82, 2.24) is 4.98 Å². The monoisotopic (exact) mass is 585 g/mol. The molecule has 0 saturated carbocycles. The van der Waals surface area contributed by atoms with Crippen molar-refractivity contribution in [2.75, 3.05) is 33.9 Å². The van der Waals surface area contributed by atoms with Gasteiger partial charge in [-0.05, 0) is 23.8 Å². The van der Waals surface area contributed by atoms with Gasteiger partial charge in [0.1, 0.15) is 25.7 Å². The highest BCUT2D eigenvalue weighted by atomic mass is 16.5. The van der Waals surface area contributed by atoms with E-state index in [-0.39, 0.29) is 0 Å². The minimum atomic E-state index is -2.07. The fourth-order valence-corrected chi connectivity index (χ4v) is 5.54. The molecule has 2 aliphatic heterocycles. The lowest BCUT2D eigenvalue weighted by Gasteiger charge is -2.37. The molecule has 0 aliphatic carbocycles. The van der Waals surface area contributed by atoms with Crippen LogP contribution >= 0.6 is 0 Å². The summed E-state index contributed by atoms with van der Waals surface area (Å²) in [4.78, 5) is 43.0. The lowest BCUT2D eigenvalue weighted by Crippen LogP contribution is -3.24. The topological polar surface area (TPSA) is 198 Å². The predicted molar refractivity (Wildman–Crippen MR) is 144 cm³/mol. The zero-order valence-corrected chi connectivity index (χ0v) is 23.4. The van der Waals surface area contributed by atoms with Crippen molar-refractivity contribution in [2.45, 2.75) is 38.4 Å². The number of aromatic amines is 1. The highest BCUT2D eigenvalue weighted by Gasteiger charge is 2.34. The molecule has 0 amide bonds. The molecule has 42 heavy (non-hydrogen) atoms. The number of benzene rings is 2. The molecule has 226 valence electrons. The van der Waals surface area contributed by atoms with Crippen LogP contribution < -0.4 is 29.5 Å². The predicted octanol–water partition coefficient (Wildman–Crippen LogP) is -2.98. The van der Waals surface area contributed by atoms with Crippen molar-refractivity contribution < 1.29 is 58.9 Å². The van der Waals surface area contributed by atoms with E-state index in [4.69, 9.17) is 49.1 Å². The van der Waals surface area contributed by atoms with Crippen LogP contribution in [0.25, 0.3) is 10.9 Å². The third-order valence-corrected chi connectivity index (χ3v) is 7.50. The van der Waals surface area contributed by atoms with Crippen LogP contribution in [0.3, 0.4) is 0 Å². The Labute approximate surface area is 241 Å². The number of piperidine rings is 1. The number of para-hydroxylation sites is 1. The second kappa shape index (κ2) is 14.8. The first-order valence-electron chi connectivity index (χ1n) is 13.4. The van der Waals surface area contributed by atoms with E-state index in [1.54, 1.807) is 24.0 Å². The normalized spacial score (nSPS) is 19.1. The molecule has 1 fully saturated rings. The molecule has 0 bridgehead atoms. The molecule has 3 heterocycles. The number of ether oxygens (including phenoxy) is 2. The fourth-order valence-electron chi connectivity index (χ4n) is 5.54. The van der Waals surface area contributed by atoms with Gasteiger partial charge in [0.25, 0.3) is 0 Å². The number of carbonyl (C=O) groups is 4. The molecule has 0 radical (unpaired) electrons. The van der Waals surface area contributed by atoms with Crippen LogP contribution in [0, 0.1) is 0 Å². The number of hydrogen-bond acceptors (Lipinski definition) is 8. The van der Waals surface area contributed by atoms with E-state index in [1.807, 2.05) is 0 Å². The quantitative estimate of drug-likeness (QED) is 0.193. The van der Waals surface area contributed by atoms with Crippen LogP contribution in [0.5, 0.6) is 11.5 Å². The van der Waals surface area contributed by atoms with Crippen LogP contribution in [-0.4, -0.2) is 79.0 Å². The maximum absolute atomic E-state index is 9.04. The number of fused-ring (bicyclic) bond motifs is 2. The number of aromatic nitrogens is 1. The molecule has 13 heteroatoms. The maximum atomic E-state index is 9.04. The van der Waals surface area contributed by atoms with Gasteiger partial charge in [-0.1, -0.05) is 18.2 Å². The Bertz CT molecular complexity index is 1370. The van der Waals surface area contributed by atoms with Gasteiger partial charge in [0.15, 0.2) is 23.4 Å². The summed E-state index contributed by atoms with van der Waals surface area (Å²) in [5.41, 5.74) is 5.56. The largest absolute Gasteiger partial charge is 0.539 e. The van der Waals surface area contributed by atoms with E-state index in [2.05, 4.69) is 47.6 Å². The van der Waals surface area contributed by atoms with Crippen molar-refractivity contribution in [3.8, 4) is 11.5 Å². The number of quaternary nitrogens is 2. The van der Waals surface area contributed by atoms with Crippen molar-refractivity contribution in [1.29, 1.82) is 0 Å². The number of aliphatic carboxylic acids is 4. The summed E-state index contributed by atoms with van der Waals surface area (Å²) in [7, 11) is 3.45. The third-order valence-electron chi connectivity index (χ3n) is 7.50. The molecule has 5 rings (SSSR count). The van der Waals surface area contributed by atoms with E-state index >= 15 is 0 Å². The second-order valence-electron chi connectivity index (χ2n) is 10.1. The highest BCUT2D eigenvalue weighted by molar-refractivity contribution is 6.26. The molecule has 3 aromatic rings. The zero-order valence-electron chi connectivity index (χ0n) is 23.4. The zero-order chi connectivity index (χ0) is 30.8. The molecule has 2 aromatic carbocycles. The van der Waals surface area contributed by atoms with Crippen LogP contribution in [0.4, 0.5) is 0 Å². The first-order valence-corrected chi connectivity index (χ1v) is 13.4. The van der Waals surface area contributed by atoms with E-state index in [0.717, 1.165) is 37.1 Å². The number of likely N-dealkylation sites (tertiary alicyclic amines) is 1. The van der Waals surface area contributed by atoms with Gasteiger partial charge in [0.2, 0.25) is 0 Å². The fraction of sp³-hybridized carbons (Fsp3) is 0.379. The number of H-pyrrole nitrogens is 1. The summed E-state index contributed by atoms with van der Waals surface area (Å²) in [6.07, 6.45) is 6.00. The van der Waals surface area contributed by atoms with Crippen molar-refractivity contribution >= 4 is 34.8 Å². The van der Waals surface area contributed by atoms with Gasteiger partial charge in [-0.2, -0.15) is 0 Å². The van der Waals surface area contributed by atoms with Gasteiger partial charge in [-0.25, -0.2) is 9.59 Å². The van der Waals surface area contributed by atoms with Crippen LogP contribution in [-0.2, 0) is 38.7 Å². The molecule has 3 atom stereocenters. The second-order valence-corrected chi connectivity index (χ2v) is 10.1. The number of carboxylic acid groups (broad SMARTS) is 4. The Morgan fingerprint density at radius 1 is 0.952 bits per heavy atom. The van der Waals surface area contributed by atoms with E-state index in [0.29, 0.717) is 0 Å². The van der Waals surface area contributed by atoms with E-state index in [9.17, 15) is 0 Å². The number of carboxylic acids is 4. The lowest BCUT2D eigenvalue weighted by molar-refractivity contribution is -0.998. The van der Waals surface area contributed by atoms with Gasteiger partial charge in [-0.15, -0.1) is 0 Å². The summed E-state index contributed by atoms with van der Waals surface area (Å²) in [5.74, 6) is -6.31. The Balaban J connectivity index is 0.000000342. The van der Waals surface area contributed by atoms with Crippen molar-refractivity contribution in [2.24, 2.45) is 0 Å². The van der Waals surface area contributed by atoms with Gasteiger partial charge in [0, 0.05) is 47.5 Å². The van der Waals surface area contributed by atoms with E-state index in [1.165, 1.54) is 60.1 Å². The van der Waals surface area contributed by atoms with E-state index < -0.39 is 23.9 Å². The molecule has 0 spiro atoms. The Hall–Kier alpha value is -4.62. The summed E-state index contributed by atoms with van der Waals surface area (Å²) >= 11 is 0. The number of nitrogens with one attached hydrogen (secondary N) is 3. The molecule has 2 aliphatic rings. The van der Waals surface area contributed by atoms with Gasteiger partial charge in [0.05, 0.1) is 27.3 Å². The SMILES string of the molecule is COc1cc2c(cc1OC)C[NH+](C1CCC[NH+](Cc3c[nH]c4ccccc34)C1)CC2.O=C([O-])C(=O)O.O=C([O-])C(=O)O. The summed E-state index contributed by atoms with van der Waals surface area (Å²) < 4.78 is 11.1. The van der Waals surface area contributed by atoms with Crippen molar-refractivity contribution in [3.05, 3.63) is 59.3 Å². The Morgan fingerprint density at radius 3 is 2.14 bits per heavy atom. The average Bonchev–Trinajstić information content (AvgIpc) is 3.39.